The maximum absolute atomic E-state index is 14.9. The molecule has 1 aromatic heterocycles. The minimum atomic E-state index is -1.29. The number of aromatic nitrogens is 1. The molecule has 2 aromatic carbocycles. The highest BCUT2D eigenvalue weighted by atomic mass is 35.5. The van der Waals surface area contributed by atoms with Gasteiger partial charge in [0.15, 0.2) is 17.4 Å². The Hall–Kier alpha value is -3.00. The number of ether oxygens (including phenoxy) is 1. The number of aromatic hydroxyl groups is 1. The third kappa shape index (κ3) is 3.83. The third-order valence-electron chi connectivity index (χ3n) is 5.78. The zero-order chi connectivity index (χ0) is 23.2. The molecule has 1 aliphatic carbocycles. The van der Waals surface area contributed by atoms with Crippen LogP contribution in [0.2, 0.25) is 5.02 Å². The lowest BCUT2D eigenvalue weighted by Crippen LogP contribution is -2.17. The molecule has 1 N–H and O–H groups in total. The van der Waals surface area contributed by atoms with Crippen molar-refractivity contribution in [3.05, 3.63) is 63.6 Å². The Labute approximate surface area is 186 Å². The molecule has 0 spiro atoms. The summed E-state index contributed by atoms with van der Waals surface area (Å²) in [6.07, 6.45) is 2.79. The van der Waals surface area contributed by atoms with Crippen molar-refractivity contribution in [1.82, 2.24) is 4.57 Å². The SMILES string of the molecule is Cc1c(CC(=O)OC2CCCC2)c2c(F)c(O)c(F)cc2n1C(=O)c1ccc(Cl)c(F)c1. The summed E-state index contributed by atoms with van der Waals surface area (Å²) >= 11 is 5.68. The molecule has 32 heavy (non-hydrogen) atoms. The van der Waals surface area contributed by atoms with Gasteiger partial charge in [-0.25, -0.2) is 13.2 Å². The summed E-state index contributed by atoms with van der Waals surface area (Å²) in [5, 5.41) is 9.33. The molecule has 0 aliphatic heterocycles. The second-order valence-corrected chi connectivity index (χ2v) is 8.23. The number of carbonyl (C=O) groups excluding carboxylic acids is 2. The van der Waals surface area contributed by atoms with E-state index < -0.39 is 35.1 Å². The smallest absolute Gasteiger partial charge is 0.310 e. The molecule has 1 saturated carbocycles. The molecule has 3 aromatic rings. The zero-order valence-electron chi connectivity index (χ0n) is 17.1. The van der Waals surface area contributed by atoms with Gasteiger partial charge in [-0.3, -0.25) is 14.2 Å². The molecule has 0 atom stereocenters. The molecular formula is C23H19ClF3NO4. The predicted molar refractivity (Wildman–Crippen MR) is 111 cm³/mol. The van der Waals surface area contributed by atoms with Crippen LogP contribution in [-0.2, 0) is 16.0 Å². The van der Waals surface area contributed by atoms with Crippen molar-refractivity contribution in [1.29, 1.82) is 0 Å². The van der Waals surface area contributed by atoms with Gasteiger partial charge in [0.25, 0.3) is 5.91 Å². The standard InChI is InChI=1S/C23H19ClF3NO4/c1-11-14(9-19(29)32-13-4-2-3-5-13)20-18(10-17(26)22(30)21(20)27)28(11)23(31)12-6-7-15(24)16(25)8-12/h6-8,10,13,30H,2-5,9H2,1H3. The van der Waals surface area contributed by atoms with Gasteiger partial charge in [-0.15, -0.1) is 0 Å². The van der Waals surface area contributed by atoms with Crippen LogP contribution in [-0.4, -0.2) is 27.7 Å². The van der Waals surface area contributed by atoms with Crippen molar-refractivity contribution < 1.29 is 32.6 Å². The summed E-state index contributed by atoms with van der Waals surface area (Å²) in [5.74, 6) is -6.01. The fraction of sp³-hybridized carbons (Fsp3) is 0.304. The molecule has 0 unspecified atom stereocenters. The van der Waals surface area contributed by atoms with Gasteiger partial charge in [0.05, 0.1) is 17.0 Å². The van der Waals surface area contributed by atoms with Gasteiger partial charge >= 0.3 is 5.97 Å². The van der Waals surface area contributed by atoms with Crippen LogP contribution >= 0.6 is 11.6 Å². The molecule has 1 fully saturated rings. The van der Waals surface area contributed by atoms with Crippen LogP contribution in [0.5, 0.6) is 5.75 Å². The monoisotopic (exact) mass is 465 g/mol. The first kappa shape index (κ1) is 22.2. The Morgan fingerprint density at radius 1 is 1.16 bits per heavy atom. The van der Waals surface area contributed by atoms with E-state index in [2.05, 4.69) is 0 Å². The molecule has 0 amide bonds. The Balaban J connectivity index is 1.84. The molecule has 0 radical (unpaired) electrons. The van der Waals surface area contributed by atoms with Crippen LogP contribution in [0.15, 0.2) is 24.3 Å². The first-order valence-electron chi connectivity index (χ1n) is 10.1. The number of halogens is 4. The first-order chi connectivity index (χ1) is 15.2. The topological polar surface area (TPSA) is 68.5 Å². The van der Waals surface area contributed by atoms with Gasteiger partial charge in [-0.05, 0) is 56.4 Å². The maximum Gasteiger partial charge on any atom is 0.310 e. The van der Waals surface area contributed by atoms with Crippen molar-refractivity contribution in [2.75, 3.05) is 0 Å². The fourth-order valence-electron chi connectivity index (χ4n) is 4.17. The van der Waals surface area contributed by atoms with Gasteiger partial charge < -0.3 is 9.84 Å². The van der Waals surface area contributed by atoms with Crippen LogP contribution in [0.4, 0.5) is 13.2 Å². The first-order valence-corrected chi connectivity index (χ1v) is 10.5. The predicted octanol–water partition coefficient (Wildman–Crippen LogP) is 5.44. The molecule has 9 heteroatoms. The summed E-state index contributed by atoms with van der Waals surface area (Å²) in [7, 11) is 0. The van der Waals surface area contributed by atoms with E-state index in [4.69, 9.17) is 16.3 Å². The number of rotatable bonds is 4. The Kier molecular flexibility index (Phi) is 5.90. The summed E-state index contributed by atoms with van der Waals surface area (Å²) < 4.78 is 49.4. The van der Waals surface area contributed by atoms with E-state index in [1.807, 2.05) is 0 Å². The van der Waals surface area contributed by atoms with E-state index in [1.165, 1.54) is 19.1 Å². The average Bonchev–Trinajstić information content (AvgIpc) is 3.34. The second-order valence-electron chi connectivity index (χ2n) is 7.82. The van der Waals surface area contributed by atoms with Crippen LogP contribution in [0.1, 0.15) is 47.3 Å². The fourth-order valence-corrected chi connectivity index (χ4v) is 4.29. The number of phenols is 1. The maximum atomic E-state index is 14.9. The van der Waals surface area contributed by atoms with Crippen LogP contribution in [0, 0.1) is 24.4 Å². The number of phenolic OH excluding ortho intramolecular Hbond substituents is 1. The number of esters is 1. The minimum absolute atomic E-state index is 0.0820. The lowest BCUT2D eigenvalue weighted by molar-refractivity contribution is -0.147. The Morgan fingerprint density at radius 3 is 2.50 bits per heavy atom. The van der Waals surface area contributed by atoms with Gasteiger partial charge in [-0.2, -0.15) is 0 Å². The van der Waals surface area contributed by atoms with Gasteiger partial charge in [0.1, 0.15) is 11.9 Å². The number of fused-ring (bicyclic) bond motifs is 1. The number of carbonyl (C=O) groups is 2. The lowest BCUT2D eigenvalue weighted by atomic mass is 10.1. The highest BCUT2D eigenvalue weighted by Crippen LogP contribution is 2.36. The van der Waals surface area contributed by atoms with Crippen molar-refractivity contribution in [3.63, 3.8) is 0 Å². The second kappa shape index (κ2) is 8.50. The molecular weight excluding hydrogens is 447 g/mol. The van der Waals surface area contributed by atoms with Crippen LogP contribution in [0.3, 0.4) is 0 Å². The van der Waals surface area contributed by atoms with Crippen molar-refractivity contribution in [3.8, 4) is 5.75 Å². The molecule has 5 nitrogen and oxygen atoms in total. The van der Waals surface area contributed by atoms with Crippen molar-refractivity contribution in [2.24, 2.45) is 0 Å². The van der Waals surface area contributed by atoms with Gasteiger partial charge in [0.2, 0.25) is 0 Å². The quantitative estimate of drug-likeness (QED) is 0.521. The van der Waals surface area contributed by atoms with E-state index in [9.17, 15) is 27.9 Å². The van der Waals surface area contributed by atoms with E-state index in [0.29, 0.717) is 0 Å². The van der Waals surface area contributed by atoms with Crippen LogP contribution in [0.25, 0.3) is 10.9 Å². The Morgan fingerprint density at radius 2 is 1.84 bits per heavy atom. The van der Waals surface area contributed by atoms with Crippen molar-refractivity contribution in [2.45, 2.75) is 45.1 Å². The molecule has 4 rings (SSSR count). The largest absolute Gasteiger partial charge is 0.503 e. The molecule has 168 valence electrons. The summed E-state index contributed by atoms with van der Waals surface area (Å²) in [6.45, 7) is 1.46. The van der Waals surface area contributed by atoms with E-state index in [1.54, 1.807) is 0 Å². The Bertz CT molecular complexity index is 1250. The van der Waals surface area contributed by atoms with E-state index in [-0.39, 0.29) is 45.3 Å². The van der Waals surface area contributed by atoms with E-state index in [0.717, 1.165) is 42.4 Å². The number of nitrogens with zero attached hydrogens (tertiary/aromatic N) is 1. The zero-order valence-corrected chi connectivity index (χ0v) is 17.8. The highest BCUT2D eigenvalue weighted by molar-refractivity contribution is 6.30. The summed E-state index contributed by atoms with van der Waals surface area (Å²) in [5.41, 5.74) is -0.0774. The number of hydrogen-bond donors (Lipinski definition) is 1. The normalized spacial score (nSPS) is 14.3. The third-order valence-corrected chi connectivity index (χ3v) is 6.09. The lowest BCUT2D eigenvalue weighted by Gasteiger charge is -2.12. The number of benzene rings is 2. The summed E-state index contributed by atoms with van der Waals surface area (Å²) in [6, 6.07) is 4.19. The van der Waals surface area contributed by atoms with Gasteiger partial charge in [0, 0.05) is 22.7 Å². The molecule has 1 aliphatic rings. The highest BCUT2D eigenvalue weighted by Gasteiger charge is 2.28. The van der Waals surface area contributed by atoms with Crippen LogP contribution < -0.4 is 0 Å². The summed E-state index contributed by atoms with van der Waals surface area (Å²) in [4.78, 5) is 25.7. The number of hydrogen-bond acceptors (Lipinski definition) is 4. The molecule has 0 bridgehead atoms. The minimum Gasteiger partial charge on any atom is -0.503 e. The van der Waals surface area contributed by atoms with Crippen molar-refractivity contribution >= 4 is 34.4 Å². The van der Waals surface area contributed by atoms with E-state index >= 15 is 0 Å². The molecule has 1 heterocycles. The molecule has 0 saturated heterocycles. The van der Waals surface area contributed by atoms with Gasteiger partial charge in [-0.1, -0.05) is 11.6 Å². The average molecular weight is 466 g/mol.